The van der Waals surface area contributed by atoms with Gasteiger partial charge in [-0.1, -0.05) is 16.1 Å². The van der Waals surface area contributed by atoms with Crippen LogP contribution in [0.25, 0.3) is 0 Å². The minimum absolute atomic E-state index is 0.0383. The number of rotatable bonds is 5. The zero-order valence-electron chi connectivity index (χ0n) is 10.6. The van der Waals surface area contributed by atoms with E-state index in [0.717, 1.165) is 11.5 Å². The molecule has 0 atom stereocenters. The first-order valence-electron chi connectivity index (χ1n) is 5.92. The van der Waals surface area contributed by atoms with Gasteiger partial charge in [-0.3, -0.25) is 4.68 Å². The zero-order chi connectivity index (χ0) is 14.7. The molecule has 0 amide bonds. The van der Waals surface area contributed by atoms with Gasteiger partial charge in [-0.05, 0) is 18.2 Å². The Kier molecular flexibility index (Phi) is 3.98. The maximum atomic E-state index is 11.8. The van der Waals surface area contributed by atoms with Gasteiger partial charge in [0.25, 0.3) is 0 Å². The quantitative estimate of drug-likeness (QED) is 0.670. The summed E-state index contributed by atoms with van der Waals surface area (Å²) in [5.74, 6) is 0.154. The molecular formula is C12H9ClN4O3S. The van der Waals surface area contributed by atoms with E-state index < -0.39 is 5.97 Å². The largest absolute Gasteiger partial charge is 0.453 e. The second-order valence-corrected chi connectivity index (χ2v) is 5.40. The molecule has 0 bridgehead atoms. The van der Waals surface area contributed by atoms with Crippen molar-refractivity contribution in [2.75, 3.05) is 0 Å². The van der Waals surface area contributed by atoms with Crippen molar-refractivity contribution >= 4 is 29.1 Å². The van der Waals surface area contributed by atoms with Crippen LogP contribution in [0.2, 0.25) is 4.34 Å². The number of nitrogens with zero attached hydrogens (tertiary/aromatic N) is 4. The summed E-state index contributed by atoms with van der Waals surface area (Å²) in [5.41, 5.74) is 0.429. The highest BCUT2D eigenvalue weighted by Gasteiger charge is 2.15. The lowest BCUT2D eigenvalue weighted by Crippen LogP contribution is -2.04. The summed E-state index contributed by atoms with van der Waals surface area (Å²) in [6.45, 7) is 0.408. The number of hydrogen-bond donors (Lipinski definition) is 0. The first-order valence-corrected chi connectivity index (χ1v) is 7.07. The van der Waals surface area contributed by atoms with Crippen LogP contribution in [-0.2, 0) is 17.9 Å². The van der Waals surface area contributed by atoms with Crippen LogP contribution in [0.1, 0.15) is 22.0 Å². The molecular weight excluding hydrogens is 316 g/mol. The molecule has 3 aromatic heterocycles. The SMILES string of the molecule is O=C(OCc1nnsc1Cl)c1ccc(Cn2cccn2)o1. The van der Waals surface area contributed by atoms with E-state index in [1.54, 1.807) is 29.2 Å². The molecule has 3 aromatic rings. The van der Waals surface area contributed by atoms with Gasteiger partial charge in [0.2, 0.25) is 5.76 Å². The van der Waals surface area contributed by atoms with Gasteiger partial charge in [0.1, 0.15) is 22.4 Å². The van der Waals surface area contributed by atoms with Crippen LogP contribution in [-0.4, -0.2) is 25.3 Å². The number of halogens is 1. The van der Waals surface area contributed by atoms with Crippen molar-refractivity contribution in [1.29, 1.82) is 0 Å². The molecule has 0 saturated heterocycles. The van der Waals surface area contributed by atoms with Crippen LogP contribution in [0.3, 0.4) is 0 Å². The van der Waals surface area contributed by atoms with Crippen molar-refractivity contribution in [2.24, 2.45) is 0 Å². The number of ether oxygens (including phenoxy) is 1. The van der Waals surface area contributed by atoms with Crippen molar-refractivity contribution in [3.8, 4) is 0 Å². The van der Waals surface area contributed by atoms with Crippen LogP contribution < -0.4 is 0 Å². The third-order valence-corrected chi connectivity index (χ3v) is 3.57. The van der Waals surface area contributed by atoms with Crippen molar-refractivity contribution in [2.45, 2.75) is 13.2 Å². The fraction of sp³-hybridized carbons (Fsp3) is 0.167. The summed E-state index contributed by atoms with van der Waals surface area (Å²) in [7, 11) is 0. The topological polar surface area (TPSA) is 83.0 Å². The molecule has 3 rings (SSSR count). The molecule has 0 aliphatic carbocycles. The predicted octanol–water partition coefficient (Wildman–Crippen LogP) is 2.39. The van der Waals surface area contributed by atoms with Crippen molar-refractivity contribution in [3.63, 3.8) is 0 Å². The molecule has 0 saturated carbocycles. The Bertz CT molecular complexity index is 737. The van der Waals surface area contributed by atoms with Gasteiger partial charge in [0.05, 0.1) is 6.54 Å². The van der Waals surface area contributed by atoms with E-state index in [0.29, 0.717) is 22.3 Å². The average molecular weight is 325 g/mol. The lowest BCUT2D eigenvalue weighted by atomic mass is 10.4. The van der Waals surface area contributed by atoms with E-state index >= 15 is 0 Å². The number of carbonyl (C=O) groups excluding carboxylic acids is 1. The highest BCUT2D eigenvalue weighted by Crippen LogP contribution is 2.18. The van der Waals surface area contributed by atoms with Gasteiger partial charge < -0.3 is 9.15 Å². The number of furan rings is 1. The van der Waals surface area contributed by atoms with Crippen LogP contribution >= 0.6 is 23.1 Å². The maximum Gasteiger partial charge on any atom is 0.374 e. The van der Waals surface area contributed by atoms with Crippen LogP contribution in [0.4, 0.5) is 0 Å². The van der Waals surface area contributed by atoms with E-state index in [-0.39, 0.29) is 12.4 Å². The Hall–Kier alpha value is -2.19. The van der Waals surface area contributed by atoms with E-state index in [1.165, 1.54) is 0 Å². The van der Waals surface area contributed by atoms with Crippen LogP contribution in [0, 0.1) is 0 Å². The van der Waals surface area contributed by atoms with Crippen LogP contribution in [0.15, 0.2) is 35.0 Å². The van der Waals surface area contributed by atoms with E-state index in [4.69, 9.17) is 20.8 Å². The molecule has 7 nitrogen and oxygen atoms in total. The Morgan fingerprint density at radius 3 is 3.10 bits per heavy atom. The van der Waals surface area contributed by atoms with Gasteiger partial charge >= 0.3 is 5.97 Å². The average Bonchev–Trinajstić information content (AvgIpc) is 3.19. The monoisotopic (exact) mass is 324 g/mol. The van der Waals surface area contributed by atoms with Crippen molar-refractivity contribution in [3.05, 3.63) is 52.1 Å². The molecule has 3 heterocycles. The minimum atomic E-state index is -0.578. The minimum Gasteiger partial charge on any atom is -0.453 e. The summed E-state index contributed by atoms with van der Waals surface area (Å²) in [4.78, 5) is 11.8. The zero-order valence-corrected chi connectivity index (χ0v) is 12.2. The number of aromatic nitrogens is 4. The van der Waals surface area contributed by atoms with Gasteiger partial charge in [0.15, 0.2) is 0 Å². The normalized spacial score (nSPS) is 10.7. The highest BCUT2D eigenvalue weighted by molar-refractivity contribution is 7.10. The van der Waals surface area contributed by atoms with Crippen molar-refractivity contribution < 1.29 is 13.9 Å². The summed E-state index contributed by atoms with van der Waals surface area (Å²) in [6.07, 6.45) is 3.47. The molecule has 0 N–H and O–H groups in total. The van der Waals surface area contributed by atoms with Gasteiger partial charge in [-0.25, -0.2) is 4.79 Å². The number of esters is 1. The number of carbonyl (C=O) groups is 1. The summed E-state index contributed by atoms with van der Waals surface area (Å²) in [5, 5.41) is 7.81. The maximum absolute atomic E-state index is 11.8. The molecule has 0 spiro atoms. The first kappa shape index (κ1) is 13.8. The molecule has 0 aromatic carbocycles. The predicted molar refractivity (Wildman–Crippen MR) is 74.1 cm³/mol. The molecule has 9 heteroatoms. The molecule has 0 radical (unpaired) electrons. The second kappa shape index (κ2) is 6.06. The summed E-state index contributed by atoms with van der Waals surface area (Å²) < 4.78 is 16.2. The third-order valence-electron chi connectivity index (χ3n) is 2.59. The van der Waals surface area contributed by atoms with E-state index in [9.17, 15) is 4.79 Å². The van der Waals surface area contributed by atoms with Crippen LogP contribution in [0.5, 0.6) is 0 Å². The molecule has 0 aliphatic rings. The van der Waals surface area contributed by atoms with Gasteiger partial charge in [-0.2, -0.15) is 5.10 Å². The third kappa shape index (κ3) is 3.29. The highest BCUT2D eigenvalue weighted by atomic mass is 35.5. The lowest BCUT2D eigenvalue weighted by molar-refractivity contribution is 0.0429. The summed E-state index contributed by atoms with van der Waals surface area (Å²) in [6, 6.07) is 5.07. The molecule has 0 unspecified atom stereocenters. The van der Waals surface area contributed by atoms with Gasteiger partial charge in [-0.15, -0.1) is 5.10 Å². The van der Waals surface area contributed by atoms with Crippen molar-refractivity contribution in [1.82, 2.24) is 19.4 Å². The second-order valence-electron chi connectivity index (χ2n) is 4.04. The Morgan fingerprint density at radius 1 is 1.48 bits per heavy atom. The van der Waals surface area contributed by atoms with E-state index in [1.807, 2.05) is 6.07 Å². The Morgan fingerprint density at radius 2 is 2.38 bits per heavy atom. The number of hydrogen-bond acceptors (Lipinski definition) is 7. The molecule has 0 aliphatic heterocycles. The molecule has 0 fully saturated rings. The van der Waals surface area contributed by atoms with E-state index in [2.05, 4.69) is 14.7 Å². The molecule has 108 valence electrons. The lowest BCUT2D eigenvalue weighted by Gasteiger charge is -2.00. The summed E-state index contributed by atoms with van der Waals surface area (Å²) >= 11 is 6.86. The fourth-order valence-corrected chi connectivity index (χ4v) is 2.22. The standard InChI is InChI=1S/C12H9ClN4O3S/c13-11-9(15-16-21-11)7-19-12(18)10-3-2-8(20-10)6-17-5-1-4-14-17/h1-5H,6-7H2. The first-order chi connectivity index (χ1) is 10.2. The van der Waals surface area contributed by atoms with Gasteiger partial charge in [0, 0.05) is 23.9 Å². The molecule has 21 heavy (non-hydrogen) atoms. The Labute approximate surface area is 128 Å². The smallest absolute Gasteiger partial charge is 0.374 e. The fourth-order valence-electron chi connectivity index (χ4n) is 1.61. The Balaban J connectivity index is 1.60.